The van der Waals surface area contributed by atoms with Crippen molar-refractivity contribution < 1.29 is 22.0 Å². The van der Waals surface area contributed by atoms with Crippen LogP contribution in [-0.4, -0.2) is 74.4 Å². The number of hydrogen-bond acceptors (Lipinski definition) is 5. The predicted octanol–water partition coefficient (Wildman–Crippen LogP) is 0.708. The maximum absolute atomic E-state index is 13.6. The van der Waals surface area contributed by atoms with Gasteiger partial charge in [-0.25, -0.2) is 17.2 Å². The molecule has 1 atom stereocenters. The first-order valence-corrected chi connectivity index (χ1v) is 10.1. The van der Waals surface area contributed by atoms with Crippen LogP contribution in [0.4, 0.5) is 14.5 Å². The summed E-state index contributed by atoms with van der Waals surface area (Å²) in [6, 6.07) is 3.09. The van der Waals surface area contributed by atoms with Crippen molar-refractivity contribution in [3.8, 4) is 0 Å². The minimum atomic E-state index is -2.90. The smallest absolute Gasteiger partial charge is 0.238 e. The molecule has 0 saturated carbocycles. The number of rotatable bonds is 4. The summed E-state index contributed by atoms with van der Waals surface area (Å²) in [5.41, 5.74) is -0.0406. The highest BCUT2D eigenvalue weighted by Crippen LogP contribution is 2.19. The fourth-order valence-electron chi connectivity index (χ4n) is 3.33. The van der Waals surface area contributed by atoms with E-state index in [0.29, 0.717) is 32.6 Å². The summed E-state index contributed by atoms with van der Waals surface area (Å²) in [7, 11) is -2.90. The Hall–Kier alpha value is -1.58. The van der Waals surface area contributed by atoms with Crippen LogP contribution in [0.25, 0.3) is 0 Å². The Morgan fingerprint density at radius 1 is 1.20 bits per heavy atom. The zero-order valence-corrected chi connectivity index (χ0v) is 14.6. The Kier molecular flexibility index (Phi) is 5.35. The standard InChI is InChI=1S/C16H21F2N3O3S/c17-12-1-2-15(14(18)9-12)19-16(22)10-20-4-6-21(7-5-20)13-3-8-25(23,24)11-13/h1-2,9,13H,3-8,10-11H2,(H,19,22). The van der Waals surface area contributed by atoms with Crippen LogP contribution in [0.1, 0.15) is 6.42 Å². The second kappa shape index (κ2) is 7.35. The zero-order valence-electron chi connectivity index (χ0n) is 13.7. The molecule has 138 valence electrons. The highest BCUT2D eigenvalue weighted by molar-refractivity contribution is 7.91. The van der Waals surface area contributed by atoms with Crippen LogP contribution in [-0.2, 0) is 14.6 Å². The summed E-state index contributed by atoms with van der Waals surface area (Å²) >= 11 is 0. The molecule has 0 aliphatic carbocycles. The van der Waals surface area contributed by atoms with Gasteiger partial charge < -0.3 is 5.32 Å². The van der Waals surface area contributed by atoms with Gasteiger partial charge in [0, 0.05) is 38.3 Å². The average Bonchev–Trinajstić information content (AvgIpc) is 2.91. The molecule has 1 unspecified atom stereocenters. The van der Waals surface area contributed by atoms with Gasteiger partial charge in [-0.05, 0) is 18.6 Å². The van der Waals surface area contributed by atoms with E-state index in [1.165, 1.54) is 6.07 Å². The van der Waals surface area contributed by atoms with Crippen molar-refractivity contribution in [2.45, 2.75) is 12.5 Å². The third-order valence-electron chi connectivity index (χ3n) is 4.70. The SMILES string of the molecule is O=C(CN1CCN(C2CCS(=O)(=O)C2)CC1)Nc1ccc(F)cc1F. The second-order valence-electron chi connectivity index (χ2n) is 6.54. The number of benzene rings is 1. The fraction of sp³-hybridized carbons (Fsp3) is 0.562. The van der Waals surface area contributed by atoms with Gasteiger partial charge in [0.15, 0.2) is 9.84 Å². The molecule has 1 N–H and O–H groups in total. The number of nitrogens with one attached hydrogen (secondary N) is 1. The van der Waals surface area contributed by atoms with Crippen molar-refractivity contribution in [2.75, 3.05) is 49.5 Å². The molecule has 0 bridgehead atoms. The van der Waals surface area contributed by atoms with Gasteiger partial charge in [0.25, 0.3) is 0 Å². The number of anilines is 1. The van der Waals surface area contributed by atoms with E-state index >= 15 is 0 Å². The number of piperazine rings is 1. The van der Waals surface area contributed by atoms with E-state index in [1.807, 2.05) is 4.90 Å². The third-order valence-corrected chi connectivity index (χ3v) is 6.45. The number of hydrogen-bond donors (Lipinski definition) is 1. The summed E-state index contributed by atoms with van der Waals surface area (Å²) in [6.07, 6.45) is 0.673. The van der Waals surface area contributed by atoms with E-state index in [-0.39, 0.29) is 35.7 Å². The summed E-state index contributed by atoms with van der Waals surface area (Å²) in [5.74, 6) is -1.38. The molecule has 2 saturated heterocycles. The highest BCUT2D eigenvalue weighted by atomic mass is 32.2. The maximum Gasteiger partial charge on any atom is 0.238 e. The van der Waals surface area contributed by atoms with E-state index in [1.54, 1.807) is 0 Å². The highest BCUT2D eigenvalue weighted by Gasteiger charge is 2.33. The quantitative estimate of drug-likeness (QED) is 0.842. The number of carbonyl (C=O) groups excluding carboxylic acids is 1. The van der Waals surface area contributed by atoms with Gasteiger partial charge in [0.1, 0.15) is 11.6 Å². The van der Waals surface area contributed by atoms with E-state index in [4.69, 9.17) is 0 Å². The fourth-order valence-corrected chi connectivity index (χ4v) is 5.10. The molecule has 0 aromatic heterocycles. The topological polar surface area (TPSA) is 69.7 Å². The number of sulfone groups is 1. The van der Waals surface area contributed by atoms with Gasteiger partial charge in [0.05, 0.1) is 23.7 Å². The zero-order chi connectivity index (χ0) is 18.0. The monoisotopic (exact) mass is 373 g/mol. The second-order valence-corrected chi connectivity index (χ2v) is 8.77. The summed E-state index contributed by atoms with van der Waals surface area (Å²) in [5, 5.41) is 2.45. The molecule has 25 heavy (non-hydrogen) atoms. The van der Waals surface area contributed by atoms with Crippen LogP contribution >= 0.6 is 0 Å². The Bertz CT molecular complexity index is 749. The predicted molar refractivity (Wildman–Crippen MR) is 90.1 cm³/mol. The molecule has 2 aliphatic rings. The molecule has 1 aromatic carbocycles. The first-order chi connectivity index (χ1) is 11.8. The van der Waals surface area contributed by atoms with Gasteiger partial charge in [0.2, 0.25) is 5.91 Å². The molecule has 9 heteroatoms. The van der Waals surface area contributed by atoms with Crippen molar-refractivity contribution in [3.63, 3.8) is 0 Å². The van der Waals surface area contributed by atoms with Crippen molar-refractivity contribution in [3.05, 3.63) is 29.8 Å². The molecular weight excluding hydrogens is 352 g/mol. The number of carbonyl (C=O) groups is 1. The van der Waals surface area contributed by atoms with Crippen LogP contribution in [0.3, 0.4) is 0 Å². The molecule has 2 fully saturated rings. The molecule has 2 aliphatic heterocycles. The Labute approximate surface area is 145 Å². The average molecular weight is 373 g/mol. The van der Waals surface area contributed by atoms with Crippen molar-refractivity contribution in [1.29, 1.82) is 0 Å². The Morgan fingerprint density at radius 3 is 2.52 bits per heavy atom. The first-order valence-electron chi connectivity index (χ1n) is 8.24. The molecule has 6 nitrogen and oxygen atoms in total. The Balaban J connectivity index is 1.46. The number of amides is 1. The van der Waals surface area contributed by atoms with Crippen LogP contribution < -0.4 is 5.32 Å². The van der Waals surface area contributed by atoms with Gasteiger partial charge in [-0.3, -0.25) is 14.6 Å². The van der Waals surface area contributed by atoms with E-state index in [0.717, 1.165) is 12.1 Å². The van der Waals surface area contributed by atoms with Crippen molar-refractivity contribution in [2.24, 2.45) is 0 Å². The molecule has 1 amide bonds. The maximum atomic E-state index is 13.6. The third kappa shape index (κ3) is 4.74. The van der Waals surface area contributed by atoms with E-state index in [9.17, 15) is 22.0 Å². The lowest BCUT2D eigenvalue weighted by Gasteiger charge is -2.37. The molecule has 0 spiro atoms. The summed E-state index contributed by atoms with van der Waals surface area (Å²) in [6.45, 7) is 2.83. The minimum absolute atomic E-state index is 0.0406. The lowest BCUT2D eigenvalue weighted by atomic mass is 10.2. The summed E-state index contributed by atoms with van der Waals surface area (Å²) in [4.78, 5) is 16.1. The molecule has 0 radical (unpaired) electrons. The van der Waals surface area contributed by atoms with Gasteiger partial charge in [-0.15, -0.1) is 0 Å². The van der Waals surface area contributed by atoms with Gasteiger partial charge in [-0.1, -0.05) is 0 Å². The van der Waals surface area contributed by atoms with Crippen molar-refractivity contribution in [1.82, 2.24) is 9.80 Å². The van der Waals surface area contributed by atoms with Crippen LogP contribution in [0.15, 0.2) is 18.2 Å². The normalized spacial score (nSPS) is 24.3. The van der Waals surface area contributed by atoms with Crippen LogP contribution in [0.2, 0.25) is 0 Å². The van der Waals surface area contributed by atoms with E-state index in [2.05, 4.69) is 10.2 Å². The molecule has 3 rings (SSSR count). The first kappa shape index (κ1) is 18.2. The lowest BCUT2D eigenvalue weighted by Crippen LogP contribution is -2.52. The molecular formula is C16H21F2N3O3S. The molecule has 2 heterocycles. The number of halogens is 2. The number of nitrogens with zero attached hydrogens (tertiary/aromatic N) is 2. The summed E-state index contributed by atoms with van der Waals surface area (Å²) < 4.78 is 49.6. The lowest BCUT2D eigenvalue weighted by molar-refractivity contribution is -0.117. The Morgan fingerprint density at radius 2 is 1.92 bits per heavy atom. The van der Waals surface area contributed by atoms with Crippen molar-refractivity contribution >= 4 is 21.4 Å². The minimum Gasteiger partial charge on any atom is -0.322 e. The van der Waals surface area contributed by atoms with Gasteiger partial charge in [-0.2, -0.15) is 0 Å². The largest absolute Gasteiger partial charge is 0.322 e. The molecule has 1 aromatic rings. The van der Waals surface area contributed by atoms with Crippen LogP contribution in [0.5, 0.6) is 0 Å². The van der Waals surface area contributed by atoms with Gasteiger partial charge >= 0.3 is 0 Å². The van der Waals surface area contributed by atoms with Crippen LogP contribution in [0, 0.1) is 11.6 Å². The van der Waals surface area contributed by atoms with E-state index < -0.39 is 21.5 Å².